The number of thioether (sulfide) groups is 1. The van der Waals surface area contributed by atoms with Crippen molar-refractivity contribution in [2.24, 2.45) is 0 Å². The highest BCUT2D eigenvalue weighted by Crippen LogP contribution is 2.22. The third kappa shape index (κ3) is 4.19. The summed E-state index contributed by atoms with van der Waals surface area (Å²) in [5.74, 6) is -0.206. The summed E-state index contributed by atoms with van der Waals surface area (Å²) < 4.78 is 12.9. The van der Waals surface area contributed by atoms with Gasteiger partial charge in [0.05, 0.1) is 24.3 Å². The number of carbonyl (C=O) groups excluding carboxylic acids is 1. The van der Waals surface area contributed by atoms with Gasteiger partial charge in [-0.25, -0.2) is 14.2 Å². The third-order valence-corrected chi connectivity index (χ3v) is 5.18. The highest BCUT2D eigenvalue weighted by Gasteiger charge is 2.35. The zero-order valence-electron chi connectivity index (χ0n) is 13.4. The van der Waals surface area contributed by atoms with Crippen LogP contribution in [0, 0.1) is 5.82 Å². The van der Waals surface area contributed by atoms with Crippen molar-refractivity contribution in [3.05, 3.63) is 53.4 Å². The minimum absolute atomic E-state index is 0.181. The number of nitrogens with zero attached hydrogens (tertiary/aromatic N) is 2. The van der Waals surface area contributed by atoms with Gasteiger partial charge in [-0.15, -0.1) is 0 Å². The Labute approximate surface area is 148 Å². The van der Waals surface area contributed by atoms with E-state index in [-0.39, 0.29) is 31.1 Å². The number of aromatic nitrogens is 2. The maximum atomic E-state index is 12.9. The normalized spacial score (nSPS) is 16.5. The van der Waals surface area contributed by atoms with Gasteiger partial charge in [0.1, 0.15) is 11.9 Å². The molecule has 0 saturated carbocycles. The van der Waals surface area contributed by atoms with E-state index < -0.39 is 12.0 Å². The molecule has 25 heavy (non-hydrogen) atoms. The zero-order chi connectivity index (χ0) is 17.8. The number of benzene rings is 1. The van der Waals surface area contributed by atoms with Gasteiger partial charge in [0.25, 0.3) is 0 Å². The number of carboxylic acids is 1. The molecule has 2 N–H and O–H groups in total. The predicted octanol–water partition coefficient (Wildman–Crippen LogP) is 2.21. The topological polar surface area (TPSA) is 86.3 Å². The van der Waals surface area contributed by atoms with Crippen LogP contribution >= 0.6 is 11.8 Å². The van der Waals surface area contributed by atoms with Crippen molar-refractivity contribution < 1.29 is 19.1 Å². The number of halogens is 1. The van der Waals surface area contributed by atoms with Gasteiger partial charge in [0.2, 0.25) is 5.91 Å². The van der Waals surface area contributed by atoms with E-state index in [2.05, 4.69) is 9.97 Å². The Kier molecular flexibility index (Phi) is 5.37. The molecule has 2 heterocycles. The summed E-state index contributed by atoms with van der Waals surface area (Å²) in [5, 5.41) is 9.40. The predicted molar refractivity (Wildman–Crippen MR) is 91.4 cm³/mol. The number of rotatable bonds is 6. The van der Waals surface area contributed by atoms with E-state index in [4.69, 9.17) is 0 Å². The molecule has 132 valence electrons. The molecule has 1 unspecified atom stereocenters. The molecule has 0 fully saturated rings. The van der Waals surface area contributed by atoms with Gasteiger partial charge in [-0.3, -0.25) is 4.79 Å². The molecule has 2 aromatic rings. The number of fused-ring (bicyclic) bond motifs is 1. The number of imidazole rings is 1. The molecule has 3 rings (SSSR count). The summed E-state index contributed by atoms with van der Waals surface area (Å²) in [4.78, 5) is 32.4. The lowest BCUT2D eigenvalue weighted by Crippen LogP contribution is -2.48. The summed E-state index contributed by atoms with van der Waals surface area (Å²) >= 11 is 1.56. The van der Waals surface area contributed by atoms with Gasteiger partial charge in [-0.1, -0.05) is 12.1 Å². The fraction of sp³-hybridized carbons (Fsp3) is 0.353. The maximum absolute atomic E-state index is 12.9. The zero-order valence-corrected chi connectivity index (χ0v) is 14.3. The number of H-pyrrole nitrogens is 1. The van der Waals surface area contributed by atoms with Gasteiger partial charge in [0.15, 0.2) is 0 Å². The number of hydrogen-bond donors (Lipinski definition) is 2. The van der Waals surface area contributed by atoms with Crippen molar-refractivity contribution in [2.75, 3.05) is 5.75 Å². The van der Waals surface area contributed by atoms with Crippen LogP contribution in [0.5, 0.6) is 0 Å². The van der Waals surface area contributed by atoms with Crippen LogP contribution in [0.2, 0.25) is 0 Å². The highest BCUT2D eigenvalue weighted by molar-refractivity contribution is 7.98. The van der Waals surface area contributed by atoms with Crippen LogP contribution in [-0.4, -0.2) is 43.6 Å². The number of aliphatic carboxylic acids is 1. The molecule has 8 heteroatoms. The Morgan fingerprint density at radius 1 is 1.36 bits per heavy atom. The molecule has 1 aromatic carbocycles. The molecule has 1 amide bonds. The smallest absolute Gasteiger partial charge is 0.326 e. The highest BCUT2D eigenvalue weighted by atomic mass is 32.2. The first-order valence-corrected chi connectivity index (χ1v) is 9.05. The Balaban J connectivity index is 1.53. The van der Waals surface area contributed by atoms with Crippen LogP contribution in [-0.2, 0) is 28.3 Å². The Bertz CT molecular complexity index is 763. The lowest BCUT2D eigenvalue weighted by Gasteiger charge is -2.32. The van der Waals surface area contributed by atoms with E-state index in [0.29, 0.717) is 17.2 Å². The van der Waals surface area contributed by atoms with E-state index in [0.717, 1.165) is 11.3 Å². The molecule has 1 aliphatic rings. The van der Waals surface area contributed by atoms with Gasteiger partial charge < -0.3 is 15.0 Å². The van der Waals surface area contributed by atoms with Crippen molar-refractivity contribution in [3.63, 3.8) is 0 Å². The van der Waals surface area contributed by atoms with Crippen molar-refractivity contribution in [1.29, 1.82) is 0 Å². The summed E-state index contributed by atoms with van der Waals surface area (Å²) in [6.07, 6.45) is 2.01. The van der Waals surface area contributed by atoms with Crippen LogP contribution < -0.4 is 0 Å². The van der Waals surface area contributed by atoms with E-state index in [1.165, 1.54) is 23.4 Å². The van der Waals surface area contributed by atoms with E-state index in [9.17, 15) is 19.1 Å². The second kappa shape index (κ2) is 7.69. The third-order valence-electron chi connectivity index (χ3n) is 4.15. The lowest BCUT2D eigenvalue weighted by atomic mass is 10.0. The number of carboxylic acid groups (broad SMARTS) is 1. The Morgan fingerprint density at radius 2 is 2.12 bits per heavy atom. The van der Waals surface area contributed by atoms with Crippen LogP contribution in [0.1, 0.15) is 23.4 Å². The maximum Gasteiger partial charge on any atom is 0.326 e. The van der Waals surface area contributed by atoms with Crippen LogP contribution in [0.15, 0.2) is 30.6 Å². The summed E-state index contributed by atoms with van der Waals surface area (Å²) in [6, 6.07) is 5.39. The monoisotopic (exact) mass is 363 g/mol. The molecule has 1 aromatic heterocycles. The first-order chi connectivity index (χ1) is 12.0. The molecule has 1 atom stereocenters. The average Bonchev–Trinajstić information content (AvgIpc) is 3.06. The Morgan fingerprint density at radius 3 is 2.84 bits per heavy atom. The quantitative estimate of drug-likeness (QED) is 0.769. The van der Waals surface area contributed by atoms with Crippen LogP contribution in [0.4, 0.5) is 4.39 Å². The first-order valence-electron chi connectivity index (χ1n) is 7.90. The molecule has 0 aliphatic carbocycles. The second-order valence-electron chi connectivity index (χ2n) is 5.84. The largest absolute Gasteiger partial charge is 0.480 e. The number of aromatic amines is 1. The van der Waals surface area contributed by atoms with Crippen LogP contribution in [0.25, 0.3) is 0 Å². The van der Waals surface area contributed by atoms with Crippen molar-refractivity contribution in [3.8, 4) is 0 Å². The minimum atomic E-state index is -1.01. The standard InChI is InChI=1S/C17H18FN3O3S/c18-12-3-1-11(2-4-12)9-25-6-5-16(22)21-8-14-13(19-10-20-14)7-15(21)17(23)24/h1-4,10,15H,5-9H2,(H,19,20)(H,23,24). The number of amides is 1. The molecule has 1 aliphatic heterocycles. The van der Waals surface area contributed by atoms with Crippen molar-refractivity contribution in [1.82, 2.24) is 14.9 Å². The van der Waals surface area contributed by atoms with E-state index >= 15 is 0 Å². The SMILES string of the molecule is O=C(O)C1Cc2nc[nH]c2CN1C(=O)CCSCc1ccc(F)cc1. The Hall–Kier alpha value is -2.35. The number of carbonyl (C=O) groups is 2. The van der Waals surface area contributed by atoms with Gasteiger partial charge in [-0.05, 0) is 17.7 Å². The summed E-state index contributed by atoms with van der Waals surface area (Å²) in [7, 11) is 0. The lowest BCUT2D eigenvalue weighted by molar-refractivity contribution is -0.151. The molecule has 6 nitrogen and oxygen atoms in total. The summed E-state index contributed by atoms with van der Waals surface area (Å²) in [6.45, 7) is 0.244. The van der Waals surface area contributed by atoms with Gasteiger partial charge in [-0.2, -0.15) is 11.8 Å². The molecule has 0 bridgehead atoms. The fourth-order valence-corrected chi connectivity index (χ4v) is 3.68. The summed E-state index contributed by atoms with van der Waals surface area (Å²) in [5.41, 5.74) is 2.49. The average molecular weight is 363 g/mol. The van der Waals surface area contributed by atoms with Gasteiger partial charge >= 0.3 is 5.97 Å². The van der Waals surface area contributed by atoms with E-state index in [1.807, 2.05) is 0 Å². The first kappa shape index (κ1) is 17.5. The molecular weight excluding hydrogens is 345 g/mol. The molecular formula is C17H18FN3O3S. The van der Waals surface area contributed by atoms with E-state index in [1.54, 1.807) is 23.9 Å². The second-order valence-corrected chi connectivity index (χ2v) is 6.94. The molecule has 0 spiro atoms. The number of nitrogens with one attached hydrogen (secondary N) is 1. The molecule has 0 saturated heterocycles. The van der Waals surface area contributed by atoms with Crippen molar-refractivity contribution >= 4 is 23.6 Å². The molecule has 0 radical (unpaired) electrons. The van der Waals surface area contributed by atoms with Crippen molar-refractivity contribution in [2.45, 2.75) is 31.2 Å². The number of hydrogen-bond acceptors (Lipinski definition) is 4. The van der Waals surface area contributed by atoms with Crippen LogP contribution in [0.3, 0.4) is 0 Å². The van der Waals surface area contributed by atoms with Gasteiger partial charge in [0, 0.05) is 24.3 Å². The fourth-order valence-electron chi connectivity index (χ4n) is 2.79. The minimum Gasteiger partial charge on any atom is -0.480 e.